The van der Waals surface area contributed by atoms with Gasteiger partial charge in [-0.25, -0.2) is 9.97 Å². The third-order valence-electron chi connectivity index (χ3n) is 5.81. The summed E-state index contributed by atoms with van der Waals surface area (Å²) >= 11 is 0. The molecule has 6 rings (SSSR count). The summed E-state index contributed by atoms with van der Waals surface area (Å²) in [6.45, 7) is 1.58. The molecule has 4 nitrogen and oxygen atoms in total. The van der Waals surface area contributed by atoms with Crippen molar-refractivity contribution in [1.29, 1.82) is 0 Å². The van der Waals surface area contributed by atoms with Gasteiger partial charge in [-0.1, -0.05) is 60.7 Å². The van der Waals surface area contributed by atoms with Crippen LogP contribution in [-0.2, 0) is 13.1 Å². The lowest BCUT2D eigenvalue weighted by molar-refractivity contribution is 0.816. The summed E-state index contributed by atoms with van der Waals surface area (Å²) in [7, 11) is 0. The van der Waals surface area contributed by atoms with E-state index in [4.69, 9.17) is 0 Å². The third-order valence-corrected chi connectivity index (χ3v) is 5.81. The van der Waals surface area contributed by atoms with Crippen molar-refractivity contribution in [2.24, 2.45) is 0 Å². The van der Waals surface area contributed by atoms with Crippen molar-refractivity contribution in [2.45, 2.75) is 13.1 Å². The minimum atomic E-state index is 0.791. The molecule has 0 fully saturated rings. The third kappa shape index (κ3) is 2.77. The largest absolute Gasteiger partial charge is 0.326 e. The van der Waals surface area contributed by atoms with E-state index in [1.807, 2.05) is 24.8 Å². The first-order chi connectivity index (χ1) is 14.9. The zero-order valence-corrected chi connectivity index (χ0v) is 16.4. The molecule has 144 valence electrons. The van der Waals surface area contributed by atoms with Crippen molar-refractivity contribution in [3.05, 3.63) is 109 Å². The second-order valence-electron chi connectivity index (χ2n) is 7.65. The van der Waals surface area contributed by atoms with E-state index in [1.54, 1.807) is 0 Å². The number of para-hydroxylation sites is 4. The maximum Gasteiger partial charge on any atom is 0.0961 e. The van der Waals surface area contributed by atoms with Crippen LogP contribution in [0, 0.1) is 0 Å². The Bertz CT molecular complexity index is 1400. The van der Waals surface area contributed by atoms with Gasteiger partial charge >= 0.3 is 0 Å². The lowest BCUT2D eigenvalue weighted by Crippen LogP contribution is -2.03. The van der Waals surface area contributed by atoms with Crippen molar-refractivity contribution in [2.75, 3.05) is 0 Å². The Kier molecular flexibility index (Phi) is 3.88. The molecule has 4 heteroatoms. The van der Waals surface area contributed by atoms with Gasteiger partial charge < -0.3 is 9.13 Å². The molecule has 0 radical (unpaired) electrons. The molecule has 0 N–H and O–H groups in total. The summed E-state index contributed by atoms with van der Waals surface area (Å²) in [5, 5.41) is 2.58. The van der Waals surface area contributed by atoms with Crippen LogP contribution in [0.1, 0.15) is 11.1 Å². The summed E-state index contributed by atoms with van der Waals surface area (Å²) in [5.74, 6) is 0. The Balaban J connectivity index is 1.47. The molecule has 2 heterocycles. The van der Waals surface area contributed by atoms with E-state index in [1.165, 1.54) is 21.9 Å². The van der Waals surface area contributed by atoms with Crippen molar-refractivity contribution in [3.63, 3.8) is 0 Å². The van der Waals surface area contributed by atoms with Crippen molar-refractivity contribution in [1.82, 2.24) is 19.1 Å². The Labute approximate surface area is 174 Å². The average Bonchev–Trinajstić information content (AvgIpc) is 3.39. The lowest BCUT2D eigenvalue weighted by atomic mass is 9.98. The number of aromatic nitrogens is 4. The molecule has 0 unspecified atom stereocenters. The van der Waals surface area contributed by atoms with Gasteiger partial charge in [0.25, 0.3) is 0 Å². The Morgan fingerprint density at radius 2 is 1.03 bits per heavy atom. The van der Waals surface area contributed by atoms with Gasteiger partial charge in [0.05, 0.1) is 34.7 Å². The highest BCUT2D eigenvalue weighted by atomic mass is 15.0. The van der Waals surface area contributed by atoms with E-state index in [-0.39, 0.29) is 0 Å². The first-order valence-electron chi connectivity index (χ1n) is 10.2. The summed E-state index contributed by atoms with van der Waals surface area (Å²) in [5.41, 5.74) is 6.98. The van der Waals surface area contributed by atoms with E-state index in [2.05, 4.69) is 91.9 Å². The van der Waals surface area contributed by atoms with Gasteiger partial charge in [0.2, 0.25) is 0 Å². The summed E-state index contributed by atoms with van der Waals surface area (Å²) in [6.07, 6.45) is 3.88. The van der Waals surface area contributed by atoms with E-state index >= 15 is 0 Å². The molecule has 0 aliphatic heterocycles. The summed E-state index contributed by atoms with van der Waals surface area (Å²) in [4.78, 5) is 9.13. The summed E-state index contributed by atoms with van der Waals surface area (Å²) in [6, 6.07) is 29.7. The molecule has 0 atom stereocenters. The molecule has 0 aliphatic rings. The number of rotatable bonds is 4. The number of benzene rings is 4. The Morgan fingerprint density at radius 1 is 0.533 bits per heavy atom. The number of hydrogen-bond donors (Lipinski definition) is 0. The van der Waals surface area contributed by atoms with E-state index < -0.39 is 0 Å². The van der Waals surface area contributed by atoms with Crippen molar-refractivity contribution in [3.8, 4) is 0 Å². The highest BCUT2D eigenvalue weighted by molar-refractivity contribution is 5.89. The van der Waals surface area contributed by atoms with Gasteiger partial charge in [0, 0.05) is 13.1 Å². The van der Waals surface area contributed by atoms with Crippen LogP contribution in [0.15, 0.2) is 97.6 Å². The van der Waals surface area contributed by atoms with Crippen LogP contribution in [-0.4, -0.2) is 19.1 Å². The molecule has 2 aromatic heterocycles. The van der Waals surface area contributed by atoms with E-state index in [0.717, 1.165) is 35.2 Å². The zero-order chi connectivity index (χ0) is 19.9. The zero-order valence-electron chi connectivity index (χ0n) is 16.4. The molecule has 6 aromatic rings. The second-order valence-corrected chi connectivity index (χ2v) is 7.65. The molecule has 30 heavy (non-hydrogen) atoms. The molecule has 0 amide bonds. The monoisotopic (exact) mass is 388 g/mol. The van der Waals surface area contributed by atoms with E-state index in [9.17, 15) is 0 Å². The van der Waals surface area contributed by atoms with Crippen molar-refractivity contribution < 1.29 is 0 Å². The highest BCUT2D eigenvalue weighted by Gasteiger charge is 2.11. The topological polar surface area (TPSA) is 35.6 Å². The smallest absolute Gasteiger partial charge is 0.0961 e. The van der Waals surface area contributed by atoms with Crippen LogP contribution in [0.4, 0.5) is 0 Å². The predicted octanol–water partition coefficient (Wildman–Crippen LogP) is 5.64. The Hall–Kier alpha value is -3.92. The molecule has 4 aromatic carbocycles. The van der Waals surface area contributed by atoms with Crippen LogP contribution in [0.3, 0.4) is 0 Å². The number of hydrogen-bond acceptors (Lipinski definition) is 2. The highest BCUT2D eigenvalue weighted by Crippen LogP contribution is 2.27. The number of imidazole rings is 2. The van der Waals surface area contributed by atoms with Crippen LogP contribution < -0.4 is 0 Å². The first kappa shape index (κ1) is 17.0. The number of nitrogens with zero attached hydrogens (tertiary/aromatic N) is 4. The normalized spacial score (nSPS) is 11.6. The minimum absolute atomic E-state index is 0.791. The Morgan fingerprint density at radius 3 is 1.57 bits per heavy atom. The molecule has 0 bridgehead atoms. The standard InChI is InChI=1S/C26H20N4/c1-3-13-24-22(11-1)27-17-29(24)15-20-9-5-7-19-8-6-10-21(26(19)20)16-30-18-28-23-12-2-4-14-25(23)30/h1-14,17-18H,15-16H2. The van der Waals surface area contributed by atoms with Gasteiger partial charge in [-0.2, -0.15) is 0 Å². The quantitative estimate of drug-likeness (QED) is 0.392. The fourth-order valence-electron chi connectivity index (χ4n) is 4.40. The van der Waals surface area contributed by atoms with Crippen LogP contribution in [0.25, 0.3) is 32.8 Å². The molecule has 0 saturated heterocycles. The maximum absolute atomic E-state index is 4.56. The van der Waals surface area contributed by atoms with Crippen LogP contribution in [0.2, 0.25) is 0 Å². The van der Waals surface area contributed by atoms with Crippen LogP contribution >= 0.6 is 0 Å². The molecule has 0 saturated carbocycles. The van der Waals surface area contributed by atoms with Crippen LogP contribution in [0.5, 0.6) is 0 Å². The molecule has 0 spiro atoms. The molecular weight excluding hydrogens is 368 g/mol. The SMILES string of the molecule is c1cc(Cn2cnc3ccccc32)c2c(Cn3cnc4ccccc43)cccc2c1. The average molecular weight is 388 g/mol. The van der Waals surface area contributed by atoms with Gasteiger partial charge in [-0.3, -0.25) is 0 Å². The first-order valence-corrected chi connectivity index (χ1v) is 10.2. The molecule has 0 aliphatic carbocycles. The van der Waals surface area contributed by atoms with E-state index in [0.29, 0.717) is 0 Å². The molecular formula is C26H20N4. The lowest BCUT2D eigenvalue weighted by Gasteiger charge is -2.14. The summed E-state index contributed by atoms with van der Waals surface area (Å²) < 4.78 is 4.46. The maximum atomic E-state index is 4.56. The fraction of sp³-hybridized carbons (Fsp3) is 0.0769. The fourth-order valence-corrected chi connectivity index (χ4v) is 4.40. The van der Waals surface area contributed by atoms with Gasteiger partial charge in [-0.15, -0.1) is 0 Å². The van der Waals surface area contributed by atoms with Gasteiger partial charge in [-0.05, 0) is 46.2 Å². The van der Waals surface area contributed by atoms with Crippen molar-refractivity contribution >= 4 is 32.8 Å². The van der Waals surface area contributed by atoms with Gasteiger partial charge in [0.1, 0.15) is 0 Å². The predicted molar refractivity (Wildman–Crippen MR) is 122 cm³/mol. The number of fused-ring (bicyclic) bond motifs is 3. The van der Waals surface area contributed by atoms with Gasteiger partial charge in [0.15, 0.2) is 0 Å². The minimum Gasteiger partial charge on any atom is -0.326 e. The second kappa shape index (κ2) is 6.85.